The second-order valence-corrected chi connectivity index (χ2v) is 8.78. The summed E-state index contributed by atoms with van der Waals surface area (Å²) in [6, 6.07) is 8.91. The molecule has 2 fully saturated rings. The van der Waals surface area contributed by atoms with E-state index >= 15 is 0 Å². The van der Waals surface area contributed by atoms with Gasteiger partial charge in [0.1, 0.15) is 23.7 Å². The van der Waals surface area contributed by atoms with Gasteiger partial charge in [-0.3, -0.25) is 9.63 Å². The minimum atomic E-state index is -0.947. The Morgan fingerprint density at radius 2 is 2.00 bits per heavy atom. The number of fused-ring (bicyclic) bond motifs is 1. The number of anilines is 1. The molecule has 3 aliphatic heterocycles. The molecule has 0 bridgehead atoms. The highest BCUT2D eigenvalue weighted by Gasteiger charge is 2.45. The number of aromatic nitrogens is 1. The molecule has 1 unspecified atom stereocenters. The van der Waals surface area contributed by atoms with Crippen LogP contribution >= 0.6 is 0 Å². The zero-order valence-electron chi connectivity index (χ0n) is 18.8. The van der Waals surface area contributed by atoms with Gasteiger partial charge >= 0.3 is 6.03 Å². The van der Waals surface area contributed by atoms with E-state index in [-0.39, 0.29) is 19.1 Å². The zero-order valence-corrected chi connectivity index (χ0v) is 18.8. The normalized spacial score (nSPS) is 23.2. The Morgan fingerprint density at radius 3 is 2.76 bits per heavy atom. The standard InChI is InChI=1S/C23H28N6O4/c1-27-8-10-28(11-9-27)20-19(4-3-7-24-20)23(15-33-26-22(31)25-23)14-29-13-16-5-6-17(32-2)12-18(16)21(29)30/h3-7,12H,8-11,13-15H2,1-2H3,(H2,25,26,31). The van der Waals surface area contributed by atoms with Gasteiger partial charge in [0.05, 0.1) is 13.7 Å². The number of methoxy groups -OCH3 is 1. The van der Waals surface area contributed by atoms with Crippen molar-refractivity contribution < 1.29 is 19.2 Å². The van der Waals surface area contributed by atoms with Gasteiger partial charge in [0.2, 0.25) is 0 Å². The summed E-state index contributed by atoms with van der Waals surface area (Å²) in [7, 11) is 3.68. The van der Waals surface area contributed by atoms with Gasteiger partial charge in [0, 0.05) is 50.0 Å². The third-order valence-corrected chi connectivity index (χ3v) is 6.60. The van der Waals surface area contributed by atoms with Gasteiger partial charge in [-0.1, -0.05) is 12.1 Å². The highest BCUT2D eigenvalue weighted by atomic mass is 16.7. The smallest absolute Gasteiger partial charge is 0.339 e. The highest BCUT2D eigenvalue weighted by molar-refractivity contribution is 5.98. The van der Waals surface area contributed by atoms with Gasteiger partial charge < -0.3 is 24.8 Å². The number of ether oxygens (including phenoxy) is 1. The number of hydrogen-bond acceptors (Lipinski definition) is 7. The molecule has 1 aromatic heterocycles. The average Bonchev–Trinajstić information content (AvgIpc) is 3.14. The molecule has 10 nitrogen and oxygen atoms in total. The Morgan fingerprint density at radius 1 is 1.18 bits per heavy atom. The predicted octanol–water partition coefficient (Wildman–Crippen LogP) is 0.938. The first-order valence-electron chi connectivity index (χ1n) is 11.0. The Bertz CT molecular complexity index is 1070. The van der Waals surface area contributed by atoms with Crippen LogP contribution in [0.5, 0.6) is 5.75 Å². The summed E-state index contributed by atoms with van der Waals surface area (Å²) in [5.41, 5.74) is 3.81. The minimum absolute atomic E-state index is 0.0962. The van der Waals surface area contributed by atoms with E-state index < -0.39 is 11.6 Å². The molecule has 1 aromatic carbocycles. The van der Waals surface area contributed by atoms with Crippen LogP contribution in [0, 0.1) is 0 Å². The summed E-state index contributed by atoms with van der Waals surface area (Å²) in [5.74, 6) is 1.35. The SMILES string of the molecule is COc1ccc2c(c1)C(=O)N(CC1(c3cccnc3N3CCN(C)CC3)CONC(=O)N1)C2. The highest BCUT2D eigenvalue weighted by Crippen LogP contribution is 2.35. The summed E-state index contributed by atoms with van der Waals surface area (Å²) < 4.78 is 5.29. The van der Waals surface area contributed by atoms with Crippen LogP contribution in [0.4, 0.5) is 10.6 Å². The fourth-order valence-corrected chi connectivity index (χ4v) is 4.78. The van der Waals surface area contributed by atoms with E-state index in [2.05, 4.69) is 32.6 Å². The van der Waals surface area contributed by atoms with E-state index in [1.807, 2.05) is 24.3 Å². The number of pyridine rings is 1. The maximum absolute atomic E-state index is 13.3. The lowest BCUT2D eigenvalue weighted by Gasteiger charge is -2.43. The molecule has 33 heavy (non-hydrogen) atoms. The molecule has 3 aliphatic rings. The largest absolute Gasteiger partial charge is 0.497 e. The molecule has 5 rings (SSSR count). The Hall–Kier alpha value is -3.37. The van der Waals surface area contributed by atoms with Crippen molar-refractivity contribution in [3.8, 4) is 5.75 Å². The number of nitrogens with one attached hydrogen (secondary N) is 2. The molecular weight excluding hydrogens is 424 g/mol. The first-order chi connectivity index (χ1) is 16.0. The summed E-state index contributed by atoms with van der Waals surface area (Å²) >= 11 is 0. The lowest BCUT2D eigenvalue weighted by atomic mass is 9.89. The fraction of sp³-hybridized carbons (Fsp3) is 0.435. The third-order valence-electron chi connectivity index (χ3n) is 6.60. The van der Waals surface area contributed by atoms with E-state index in [4.69, 9.17) is 9.57 Å². The van der Waals surface area contributed by atoms with Crippen LogP contribution in [0.15, 0.2) is 36.5 Å². The quantitative estimate of drug-likeness (QED) is 0.697. The Labute approximate surface area is 192 Å². The Balaban J connectivity index is 1.49. The first-order valence-corrected chi connectivity index (χ1v) is 11.0. The van der Waals surface area contributed by atoms with Gasteiger partial charge in [0.25, 0.3) is 5.91 Å². The summed E-state index contributed by atoms with van der Waals surface area (Å²) in [6.45, 7) is 4.38. The second-order valence-electron chi connectivity index (χ2n) is 8.78. The van der Waals surface area contributed by atoms with Crippen LogP contribution in [0.3, 0.4) is 0 Å². The van der Waals surface area contributed by atoms with Crippen molar-refractivity contribution in [2.24, 2.45) is 0 Å². The van der Waals surface area contributed by atoms with Crippen molar-refractivity contribution in [1.29, 1.82) is 0 Å². The predicted molar refractivity (Wildman–Crippen MR) is 121 cm³/mol. The summed E-state index contributed by atoms with van der Waals surface area (Å²) in [5, 5.41) is 3.06. The van der Waals surface area contributed by atoms with Crippen LogP contribution < -0.4 is 20.4 Å². The molecule has 0 saturated carbocycles. The van der Waals surface area contributed by atoms with E-state index in [1.54, 1.807) is 24.3 Å². The van der Waals surface area contributed by atoms with Crippen molar-refractivity contribution in [2.75, 3.05) is 58.4 Å². The van der Waals surface area contributed by atoms with Crippen LogP contribution in [-0.2, 0) is 16.9 Å². The van der Waals surface area contributed by atoms with E-state index in [0.717, 1.165) is 43.1 Å². The molecule has 4 heterocycles. The number of piperazine rings is 1. The molecule has 10 heteroatoms. The Kier molecular flexibility index (Phi) is 5.55. The number of benzene rings is 1. The van der Waals surface area contributed by atoms with Crippen molar-refractivity contribution in [3.05, 3.63) is 53.2 Å². The molecule has 2 N–H and O–H groups in total. The second kappa shape index (κ2) is 8.53. The number of hydroxylamine groups is 1. The topological polar surface area (TPSA) is 99.3 Å². The molecule has 3 amide bonds. The molecule has 2 aromatic rings. The fourth-order valence-electron chi connectivity index (χ4n) is 4.78. The minimum Gasteiger partial charge on any atom is -0.497 e. The van der Waals surface area contributed by atoms with Gasteiger partial charge in [-0.05, 0) is 30.8 Å². The molecule has 0 spiro atoms. The molecular formula is C23H28N6O4. The van der Waals surface area contributed by atoms with E-state index in [1.165, 1.54) is 0 Å². The van der Waals surface area contributed by atoms with E-state index in [0.29, 0.717) is 17.9 Å². The maximum Gasteiger partial charge on any atom is 0.339 e. The van der Waals surface area contributed by atoms with Crippen LogP contribution in [0.2, 0.25) is 0 Å². The summed E-state index contributed by atoms with van der Waals surface area (Å²) in [6.07, 6.45) is 1.76. The third kappa shape index (κ3) is 3.96. The van der Waals surface area contributed by atoms with Gasteiger partial charge in [-0.2, -0.15) is 0 Å². The summed E-state index contributed by atoms with van der Waals surface area (Å²) in [4.78, 5) is 42.2. The zero-order chi connectivity index (χ0) is 23.0. The first kappa shape index (κ1) is 21.5. The number of amides is 3. The van der Waals surface area contributed by atoms with Gasteiger partial charge in [-0.15, -0.1) is 0 Å². The number of likely N-dealkylation sites (N-methyl/N-ethyl adjacent to an activating group) is 1. The lowest BCUT2D eigenvalue weighted by molar-refractivity contribution is -0.0220. The van der Waals surface area contributed by atoms with E-state index in [9.17, 15) is 9.59 Å². The molecule has 2 saturated heterocycles. The van der Waals surface area contributed by atoms with Crippen molar-refractivity contribution in [1.82, 2.24) is 25.6 Å². The maximum atomic E-state index is 13.3. The molecule has 174 valence electrons. The molecule has 0 radical (unpaired) electrons. The number of hydrogen-bond donors (Lipinski definition) is 2. The number of urea groups is 1. The monoisotopic (exact) mass is 452 g/mol. The number of carbonyl (C=O) groups is 2. The average molecular weight is 453 g/mol. The molecule has 1 atom stereocenters. The van der Waals surface area contributed by atoms with Crippen molar-refractivity contribution in [2.45, 2.75) is 12.1 Å². The van der Waals surface area contributed by atoms with Gasteiger partial charge in [0.15, 0.2) is 0 Å². The number of nitrogens with zero attached hydrogens (tertiary/aromatic N) is 4. The van der Waals surface area contributed by atoms with Crippen LogP contribution in [0.1, 0.15) is 21.5 Å². The number of rotatable bonds is 5. The van der Waals surface area contributed by atoms with Crippen LogP contribution in [-0.4, -0.2) is 80.2 Å². The lowest BCUT2D eigenvalue weighted by Crippen LogP contribution is -2.63. The van der Waals surface area contributed by atoms with Crippen molar-refractivity contribution in [3.63, 3.8) is 0 Å². The van der Waals surface area contributed by atoms with Crippen LogP contribution in [0.25, 0.3) is 0 Å². The van der Waals surface area contributed by atoms with Gasteiger partial charge in [-0.25, -0.2) is 15.3 Å². The van der Waals surface area contributed by atoms with Crippen molar-refractivity contribution >= 4 is 17.8 Å². The molecule has 0 aliphatic carbocycles. The number of carbonyl (C=O) groups excluding carboxylic acids is 2.